The van der Waals surface area contributed by atoms with Crippen LogP contribution in [-0.4, -0.2) is 41.9 Å². The molecule has 4 aliphatic carbocycles. The minimum absolute atomic E-state index is 0.00140. The zero-order valence-electron chi connectivity index (χ0n) is 24.7. The monoisotopic (exact) mass is 571 g/mol. The number of hydrogen-bond donors (Lipinski definition) is 1. The standard InChI is InChI=1S/C33H49NO5S/c1-23(9-14-31(36)34(19-20-40(37,38)39)22-24-7-5-4-6-8-24)28-12-13-29-27-11-10-25-21-26(35)15-17-32(25,2)30(27)16-18-33(28,29)3/h4-8,23,25,27-30H,9-22H2,1-3H3,(H,37,38,39). The van der Waals surface area contributed by atoms with E-state index in [9.17, 15) is 22.6 Å². The number of Topliss-reactive ketones (excluding diaryl/α,β-unsaturated/α-hetero) is 1. The molecule has 6 nitrogen and oxygen atoms in total. The van der Waals surface area contributed by atoms with E-state index < -0.39 is 15.9 Å². The van der Waals surface area contributed by atoms with Crippen LogP contribution < -0.4 is 0 Å². The van der Waals surface area contributed by atoms with Gasteiger partial charge in [0.25, 0.3) is 10.1 Å². The number of benzene rings is 1. The van der Waals surface area contributed by atoms with Gasteiger partial charge in [0, 0.05) is 32.4 Å². The van der Waals surface area contributed by atoms with Crippen LogP contribution in [0.3, 0.4) is 0 Å². The molecule has 4 saturated carbocycles. The highest BCUT2D eigenvalue weighted by Gasteiger charge is 2.60. The number of amides is 1. The third-order valence-corrected chi connectivity index (χ3v) is 12.9. The van der Waals surface area contributed by atoms with E-state index in [0.717, 1.165) is 49.0 Å². The molecule has 40 heavy (non-hydrogen) atoms. The van der Waals surface area contributed by atoms with Crippen LogP contribution in [0.4, 0.5) is 0 Å². The zero-order valence-corrected chi connectivity index (χ0v) is 25.5. The summed E-state index contributed by atoms with van der Waals surface area (Å²) >= 11 is 0. The molecular weight excluding hydrogens is 522 g/mol. The summed E-state index contributed by atoms with van der Waals surface area (Å²) in [4.78, 5) is 27.2. The van der Waals surface area contributed by atoms with Crippen molar-refractivity contribution in [3.05, 3.63) is 35.9 Å². The lowest BCUT2D eigenvalue weighted by Gasteiger charge is -2.60. The fourth-order valence-electron chi connectivity index (χ4n) is 10.1. The van der Waals surface area contributed by atoms with Crippen LogP contribution in [0.15, 0.2) is 30.3 Å². The summed E-state index contributed by atoms with van der Waals surface area (Å²) in [7, 11) is -4.15. The predicted octanol–water partition coefficient (Wildman–Crippen LogP) is 6.55. The third kappa shape index (κ3) is 5.92. The summed E-state index contributed by atoms with van der Waals surface area (Å²) in [5.74, 6) is 3.87. The zero-order chi connectivity index (χ0) is 28.7. The molecule has 0 spiro atoms. The van der Waals surface area contributed by atoms with E-state index >= 15 is 0 Å². The maximum Gasteiger partial charge on any atom is 0.266 e. The van der Waals surface area contributed by atoms with Crippen molar-refractivity contribution in [1.29, 1.82) is 0 Å². The number of fused-ring (bicyclic) bond motifs is 5. The van der Waals surface area contributed by atoms with Crippen molar-refractivity contribution in [3.8, 4) is 0 Å². The van der Waals surface area contributed by atoms with Crippen molar-refractivity contribution >= 4 is 21.8 Å². The Balaban J connectivity index is 1.22. The molecule has 1 amide bonds. The van der Waals surface area contributed by atoms with Gasteiger partial charge in [-0.05, 0) is 103 Å². The number of hydrogen-bond acceptors (Lipinski definition) is 4. The lowest BCUT2D eigenvalue weighted by Crippen LogP contribution is -2.53. The number of carbonyl (C=O) groups excluding carboxylic acids is 2. The number of ketones is 1. The Hall–Kier alpha value is -1.73. The molecule has 4 fully saturated rings. The molecule has 8 atom stereocenters. The fourth-order valence-corrected chi connectivity index (χ4v) is 10.5. The fraction of sp³-hybridized carbons (Fsp3) is 0.758. The van der Waals surface area contributed by atoms with Crippen molar-refractivity contribution in [2.75, 3.05) is 12.3 Å². The van der Waals surface area contributed by atoms with Crippen LogP contribution in [0.2, 0.25) is 0 Å². The predicted molar refractivity (Wildman–Crippen MR) is 157 cm³/mol. The number of rotatable bonds is 9. The van der Waals surface area contributed by atoms with E-state index in [1.54, 1.807) is 4.90 Å². The molecule has 4 aliphatic rings. The summed E-state index contributed by atoms with van der Waals surface area (Å²) in [6.45, 7) is 7.71. The van der Waals surface area contributed by atoms with E-state index in [-0.39, 0.29) is 12.5 Å². The van der Waals surface area contributed by atoms with Gasteiger partial charge in [0.1, 0.15) is 5.78 Å². The van der Waals surface area contributed by atoms with Crippen molar-refractivity contribution < 1.29 is 22.6 Å². The molecule has 0 heterocycles. The Kier molecular flexibility index (Phi) is 8.56. The molecule has 1 N–H and O–H groups in total. The van der Waals surface area contributed by atoms with E-state index in [2.05, 4.69) is 20.8 Å². The average molecular weight is 572 g/mol. The van der Waals surface area contributed by atoms with Crippen LogP contribution in [0.25, 0.3) is 0 Å². The number of carbonyl (C=O) groups is 2. The van der Waals surface area contributed by atoms with E-state index in [1.807, 2.05) is 30.3 Å². The van der Waals surface area contributed by atoms with E-state index in [4.69, 9.17) is 0 Å². The molecule has 8 unspecified atom stereocenters. The second kappa shape index (κ2) is 11.5. The molecule has 0 saturated heterocycles. The first-order chi connectivity index (χ1) is 18.9. The molecule has 1 aromatic carbocycles. The van der Waals surface area contributed by atoms with Gasteiger partial charge in [-0.25, -0.2) is 0 Å². The Labute approximate surface area is 241 Å². The molecule has 0 aliphatic heterocycles. The topological polar surface area (TPSA) is 91.8 Å². The summed E-state index contributed by atoms with van der Waals surface area (Å²) in [5.41, 5.74) is 1.60. The Morgan fingerprint density at radius 1 is 1.02 bits per heavy atom. The molecule has 5 rings (SSSR count). The Bertz CT molecular complexity index is 1180. The van der Waals surface area contributed by atoms with Crippen molar-refractivity contribution in [2.24, 2.45) is 46.3 Å². The first-order valence-electron chi connectivity index (χ1n) is 15.7. The lowest BCUT2D eigenvalue weighted by molar-refractivity contribution is -0.140. The molecule has 7 heteroatoms. The number of nitrogens with zero attached hydrogens (tertiary/aromatic N) is 1. The van der Waals surface area contributed by atoms with Crippen LogP contribution in [0.1, 0.15) is 97.0 Å². The molecular formula is C33H49NO5S. The molecule has 0 aromatic heterocycles. The summed E-state index contributed by atoms with van der Waals surface area (Å²) in [6.07, 6.45) is 11.4. The minimum Gasteiger partial charge on any atom is -0.337 e. The van der Waals surface area contributed by atoms with E-state index in [1.165, 1.54) is 38.5 Å². The maximum absolute atomic E-state index is 13.4. The molecule has 1 aromatic rings. The quantitative estimate of drug-likeness (QED) is 0.340. The van der Waals surface area contributed by atoms with Crippen molar-refractivity contribution in [1.82, 2.24) is 4.90 Å². The average Bonchev–Trinajstić information content (AvgIpc) is 3.27. The van der Waals surface area contributed by atoms with Gasteiger partial charge in [0.15, 0.2) is 0 Å². The molecule has 222 valence electrons. The SMILES string of the molecule is CC(CCC(=O)N(CCS(=O)(=O)O)Cc1ccccc1)C1CCC2C3CCC4CC(=O)CCC4(C)C3CCC12C. The van der Waals surface area contributed by atoms with Gasteiger partial charge in [-0.3, -0.25) is 14.1 Å². The second-order valence-electron chi connectivity index (χ2n) is 14.2. The minimum atomic E-state index is -4.15. The summed E-state index contributed by atoms with van der Waals surface area (Å²) in [6, 6.07) is 9.61. The smallest absolute Gasteiger partial charge is 0.266 e. The van der Waals surface area contributed by atoms with Crippen LogP contribution >= 0.6 is 0 Å². The van der Waals surface area contributed by atoms with Crippen molar-refractivity contribution in [2.45, 2.75) is 97.9 Å². The van der Waals surface area contributed by atoms with Gasteiger partial charge in [-0.1, -0.05) is 51.1 Å². The highest BCUT2D eigenvalue weighted by atomic mass is 32.2. The van der Waals surface area contributed by atoms with Gasteiger partial charge in [-0.15, -0.1) is 0 Å². The van der Waals surface area contributed by atoms with Gasteiger partial charge < -0.3 is 4.90 Å². The largest absolute Gasteiger partial charge is 0.337 e. The van der Waals surface area contributed by atoms with Crippen LogP contribution in [0.5, 0.6) is 0 Å². The Morgan fingerprint density at radius 3 is 2.48 bits per heavy atom. The lowest BCUT2D eigenvalue weighted by atomic mass is 9.44. The first kappa shape index (κ1) is 29.8. The van der Waals surface area contributed by atoms with Crippen molar-refractivity contribution in [3.63, 3.8) is 0 Å². The second-order valence-corrected chi connectivity index (χ2v) is 15.8. The normalized spacial score (nSPS) is 36.3. The van der Waals surface area contributed by atoms with Gasteiger partial charge in [-0.2, -0.15) is 8.42 Å². The van der Waals surface area contributed by atoms with Crippen LogP contribution in [0, 0.1) is 46.3 Å². The highest BCUT2D eigenvalue weighted by molar-refractivity contribution is 7.85. The maximum atomic E-state index is 13.4. The summed E-state index contributed by atoms with van der Waals surface area (Å²) in [5, 5.41) is 0. The molecule has 0 bridgehead atoms. The van der Waals surface area contributed by atoms with Crippen LogP contribution in [-0.2, 0) is 26.3 Å². The highest BCUT2D eigenvalue weighted by Crippen LogP contribution is 2.68. The van der Waals surface area contributed by atoms with E-state index in [0.29, 0.717) is 47.3 Å². The third-order valence-electron chi connectivity index (χ3n) is 12.2. The Morgan fingerprint density at radius 2 is 1.75 bits per heavy atom. The summed E-state index contributed by atoms with van der Waals surface area (Å²) < 4.78 is 32.2. The molecule has 0 radical (unpaired) electrons. The first-order valence-corrected chi connectivity index (χ1v) is 17.3. The van der Waals surface area contributed by atoms with Gasteiger partial charge in [0.2, 0.25) is 5.91 Å². The van der Waals surface area contributed by atoms with Gasteiger partial charge >= 0.3 is 0 Å². The van der Waals surface area contributed by atoms with Gasteiger partial charge in [0.05, 0.1) is 5.75 Å².